The van der Waals surface area contributed by atoms with E-state index in [0.29, 0.717) is 18.4 Å². The van der Waals surface area contributed by atoms with Gasteiger partial charge in [-0.2, -0.15) is 12.6 Å². The lowest BCUT2D eigenvalue weighted by Crippen LogP contribution is -2.63. The van der Waals surface area contributed by atoms with Gasteiger partial charge in [-0.3, -0.25) is 9.59 Å². The van der Waals surface area contributed by atoms with Crippen LogP contribution in [0.5, 0.6) is 0 Å². The maximum Gasteiger partial charge on any atom is 0.333 e. The number of hydrogen-bond donors (Lipinski definition) is 4. The zero-order valence-electron chi connectivity index (χ0n) is 18.1. The highest BCUT2D eigenvalue weighted by Gasteiger charge is 2.47. The molecule has 1 aliphatic carbocycles. The Morgan fingerprint density at radius 2 is 1.68 bits per heavy atom. The number of hydrogen-bond acceptors (Lipinski definition) is 4. The molecule has 1 saturated carbocycles. The highest BCUT2D eigenvalue weighted by Crippen LogP contribution is 2.33. The normalized spacial score (nSPS) is 18.4. The third-order valence-electron chi connectivity index (χ3n) is 6.27. The van der Waals surface area contributed by atoms with Gasteiger partial charge in [0.05, 0.1) is 5.25 Å². The van der Waals surface area contributed by atoms with Crippen LogP contribution in [-0.2, 0) is 19.9 Å². The number of amides is 2. The van der Waals surface area contributed by atoms with Gasteiger partial charge in [-0.25, -0.2) is 4.79 Å². The molecule has 0 bridgehead atoms. The first-order chi connectivity index (χ1) is 14.6. The van der Waals surface area contributed by atoms with E-state index in [4.69, 9.17) is 0 Å². The molecule has 0 radical (unpaired) electrons. The molecule has 6 nitrogen and oxygen atoms in total. The van der Waals surface area contributed by atoms with Crippen molar-refractivity contribution in [1.29, 1.82) is 0 Å². The Kier molecular flexibility index (Phi) is 6.65. The fourth-order valence-electron chi connectivity index (χ4n) is 4.10. The SMILES string of the molecule is CC(C)C(S)C(=O)NC1(C(=O)NC(C)(C(=O)O)c2ccc3ccccc3c2)CCCC1. The molecule has 166 valence electrons. The molecule has 0 heterocycles. The lowest BCUT2D eigenvalue weighted by atomic mass is 9.87. The zero-order chi connectivity index (χ0) is 22.8. The van der Waals surface area contributed by atoms with Gasteiger partial charge in [-0.1, -0.05) is 63.1 Å². The van der Waals surface area contributed by atoms with Crippen LogP contribution in [0.2, 0.25) is 0 Å². The van der Waals surface area contributed by atoms with Crippen molar-refractivity contribution in [2.24, 2.45) is 5.92 Å². The van der Waals surface area contributed by atoms with Crippen LogP contribution in [0.4, 0.5) is 0 Å². The van der Waals surface area contributed by atoms with Crippen LogP contribution in [0, 0.1) is 5.92 Å². The van der Waals surface area contributed by atoms with Crippen molar-refractivity contribution in [3.8, 4) is 0 Å². The number of carboxylic acid groups (broad SMARTS) is 1. The maximum atomic E-state index is 13.4. The van der Waals surface area contributed by atoms with E-state index >= 15 is 0 Å². The van der Waals surface area contributed by atoms with E-state index in [-0.39, 0.29) is 11.8 Å². The summed E-state index contributed by atoms with van der Waals surface area (Å²) in [6.07, 6.45) is 2.51. The number of carboxylic acids is 1. The molecule has 3 rings (SSSR count). The maximum absolute atomic E-state index is 13.4. The minimum absolute atomic E-state index is 0.00623. The lowest BCUT2D eigenvalue weighted by molar-refractivity contribution is -0.148. The summed E-state index contributed by atoms with van der Waals surface area (Å²) in [6.45, 7) is 5.26. The standard InChI is InChI=1S/C24H30N2O4S/c1-15(2)19(31)20(27)25-24(12-6-7-13-24)21(28)26-23(3,22(29)30)18-11-10-16-8-4-5-9-17(16)14-18/h4-5,8-11,14-15,19,31H,6-7,12-13H2,1-3H3,(H,25,27)(H,26,28)(H,29,30). The molecular formula is C24H30N2O4S. The van der Waals surface area contributed by atoms with Crippen LogP contribution in [0.25, 0.3) is 10.8 Å². The summed E-state index contributed by atoms with van der Waals surface area (Å²) in [4.78, 5) is 38.4. The summed E-state index contributed by atoms with van der Waals surface area (Å²) in [6, 6.07) is 13.0. The Balaban J connectivity index is 1.92. The Bertz CT molecular complexity index is 1000. The molecule has 7 heteroatoms. The number of fused-ring (bicyclic) bond motifs is 1. The number of benzene rings is 2. The number of aliphatic carboxylic acids is 1. The first-order valence-electron chi connectivity index (χ1n) is 10.6. The van der Waals surface area contributed by atoms with E-state index in [1.54, 1.807) is 12.1 Å². The molecule has 2 unspecified atom stereocenters. The molecule has 2 aromatic carbocycles. The Morgan fingerprint density at radius 3 is 2.26 bits per heavy atom. The minimum atomic E-state index is -1.64. The summed E-state index contributed by atoms with van der Waals surface area (Å²) >= 11 is 4.37. The second kappa shape index (κ2) is 8.91. The molecule has 3 N–H and O–H groups in total. The van der Waals surface area contributed by atoms with E-state index in [0.717, 1.165) is 23.6 Å². The van der Waals surface area contributed by atoms with Crippen LogP contribution in [0.1, 0.15) is 52.0 Å². The second-order valence-corrected chi connectivity index (χ2v) is 9.47. The van der Waals surface area contributed by atoms with Crippen molar-refractivity contribution in [3.63, 3.8) is 0 Å². The Labute approximate surface area is 188 Å². The smallest absolute Gasteiger partial charge is 0.333 e. The molecule has 31 heavy (non-hydrogen) atoms. The van der Waals surface area contributed by atoms with E-state index in [1.165, 1.54) is 6.92 Å². The molecule has 2 amide bonds. The molecule has 1 fully saturated rings. The molecule has 0 saturated heterocycles. The fraction of sp³-hybridized carbons (Fsp3) is 0.458. The van der Waals surface area contributed by atoms with Gasteiger partial charge < -0.3 is 15.7 Å². The predicted octanol–water partition coefficient (Wildman–Crippen LogP) is 3.64. The summed E-state index contributed by atoms with van der Waals surface area (Å²) in [5, 5.41) is 17.0. The number of carbonyl (C=O) groups excluding carboxylic acids is 2. The molecule has 0 aromatic heterocycles. The number of rotatable bonds is 7. The molecule has 1 aliphatic rings. The van der Waals surface area contributed by atoms with Gasteiger partial charge in [0.25, 0.3) is 0 Å². The number of nitrogens with one attached hydrogen (secondary N) is 2. The summed E-state index contributed by atoms with van der Waals surface area (Å²) in [5.41, 5.74) is -2.29. The number of thiol groups is 1. The molecule has 0 spiro atoms. The summed E-state index contributed by atoms with van der Waals surface area (Å²) in [5.74, 6) is -1.93. The predicted molar refractivity (Wildman–Crippen MR) is 124 cm³/mol. The highest BCUT2D eigenvalue weighted by atomic mass is 32.1. The van der Waals surface area contributed by atoms with E-state index < -0.39 is 28.2 Å². The average molecular weight is 443 g/mol. The average Bonchev–Trinajstić information content (AvgIpc) is 3.22. The van der Waals surface area contributed by atoms with Crippen molar-refractivity contribution < 1.29 is 19.5 Å². The van der Waals surface area contributed by atoms with Crippen molar-refractivity contribution in [3.05, 3.63) is 48.0 Å². The zero-order valence-corrected chi connectivity index (χ0v) is 19.0. The summed E-state index contributed by atoms with van der Waals surface area (Å²) in [7, 11) is 0. The fourth-order valence-corrected chi connectivity index (χ4v) is 4.16. The van der Waals surface area contributed by atoms with Crippen LogP contribution >= 0.6 is 12.6 Å². The first-order valence-corrected chi connectivity index (χ1v) is 11.2. The third kappa shape index (κ3) is 4.56. The Hall–Kier alpha value is -2.54. The minimum Gasteiger partial charge on any atom is -0.479 e. The monoisotopic (exact) mass is 442 g/mol. The van der Waals surface area contributed by atoms with E-state index in [9.17, 15) is 19.5 Å². The molecule has 2 atom stereocenters. The van der Waals surface area contributed by atoms with Crippen LogP contribution in [-0.4, -0.2) is 33.7 Å². The topological polar surface area (TPSA) is 95.5 Å². The second-order valence-electron chi connectivity index (χ2n) is 8.91. The van der Waals surface area contributed by atoms with Gasteiger partial charge in [-0.05, 0) is 48.1 Å². The summed E-state index contributed by atoms with van der Waals surface area (Å²) < 4.78 is 0. The van der Waals surface area contributed by atoms with Crippen LogP contribution in [0.3, 0.4) is 0 Å². The van der Waals surface area contributed by atoms with Gasteiger partial charge in [0.2, 0.25) is 11.8 Å². The van der Waals surface area contributed by atoms with Crippen molar-refractivity contribution in [1.82, 2.24) is 10.6 Å². The molecule has 2 aromatic rings. The first kappa shape index (κ1) is 23.1. The van der Waals surface area contributed by atoms with Crippen LogP contribution in [0.15, 0.2) is 42.5 Å². The molecule has 0 aliphatic heterocycles. The Morgan fingerprint density at radius 1 is 1.06 bits per heavy atom. The van der Waals surface area contributed by atoms with Crippen molar-refractivity contribution in [2.45, 2.75) is 62.8 Å². The number of carbonyl (C=O) groups is 3. The van der Waals surface area contributed by atoms with Crippen LogP contribution < -0.4 is 10.6 Å². The highest BCUT2D eigenvalue weighted by molar-refractivity contribution is 7.81. The molecular weight excluding hydrogens is 412 g/mol. The lowest BCUT2D eigenvalue weighted by Gasteiger charge is -2.35. The van der Waals surface area contributed by atoms with Gasteiger partial charge in [0.1, 0.15) is 5.54 Å². The van der Waals surface area contributed by atoms with Gasteiger partial charge in [0, 0.05) is 0 Å². The van der Waals surface area contributed by atoms with E-state index in [2.05, 4.69) is 23.3 Å². The quantitative estimate of drug-likeness (QED) is 0.493. The van der Waals surface area contributed by atoms with Crippen molar-refractivity contribution >= 4 is 41.2 Å². The van der Waals surface area contributed by atoms with Gasteiger partial charge in [0.15, 0.2) is 5.54 Å². The van der Waals surface area contributed by atoms with E-state index in [1.807, 2.05) is 44.2 Å². The largest absolute Gasteiger partial charge is 0.479 e. The van der Waals surface area contributed by atoms with Gasteiger partial charge in [-0.15, -0.1) is 0 Å². The third-order valence-corrected chi connectivity index (χ3v) is 7.10. The van der Waals surface area contributed by atoms with Gasteiger partial charge >= 0.3 is 5.97 Å². The van der Waals surface area contributed by atoms with Crippen molar-refractivity contribution in [2.75, 3.05) is 0 Å².